The number of hydrogen-bond acceptors (Lipinski definition) is 5. The summed E-state index contributed by atoms with van der Waals surface area (Å²) in [6, 6.07) is 15.4. The lowest BCUT2D eigenvalue weighted by atomic mass is 10.0. The van der Waals surface area contributed by atoms with Gasteiger partial charge in [-0.3, -0.25) is 4.21 Å². The van der Waals surface area contributed by atoms with Gasteiger partial charge in [0, 0.05) is 47.3 Å². The van der Waals surface area contributed by atoms with Crippen LogP contribution in [0, 0.1) is 17.2 Å². The Morgan fingerprint density at radius 3 is 2.74 bits per heavy atom. The van der Waals surface area contributed by atoms with Gasteiger partial charge >= 0.3 is 0 Å². The Bertz CT molecular complexity index is 1150. The van der Waals surface area contributed by atoms with Gasteiger partial charge in [0.1, 0.15) is 17.6 Å². The number of benzene rings is 2. The maximum atomic E-state index is 11.8. The SMILES string of the molecule is CC[C@H](CCC(C)C)NCc1cncn1Cc1ccc(C#N)c(Oc2cccc(S(C)=O)c2)c1. The number of rotatable bonds is 12. The Morgan fingerprint density at radius 2 is 2.03 bits per heavy atom. The fraction of sp³-hybridized carbons (Fsp3) is 0.407. The Labute approximate surface area is 205 Å². The van der Waals surface area contributed by atoms with Gasteiger partial charge < -0.3 is 14.6 Å². The summed E-state index contributed by atoms with van der Waals surface area (Å²) in [6.45, 7) is 8.14. The first-order chi connectivity index (χ1) is 16.4. The van der Waals surface area contributed by atoms with E-state index in [4.69, 9.17) is 4.74 Å². The lowest BCUT2D eigenvalue weighted by Gasteiger charge is -2.19. The monoisotopic (exact) mass is 478 g/mol. The van der Waals surface area contributed by atoms with Gasteiger partial charge in [-0.25, -0.2) is 4.98 Å². The summed E-state index contributed by atoms with van der Waals surface area (Å²) >= 11 is 0. The van der Waals surface area contributed by atoms with E-state index in [0.29, 0.717) is 40.5 Å². The molecule has 0 saturated heterocycles. The highest BCUT2D eigenvalue weighted by Crippen LogP contribution is 2.28. The van der Waals surface area contributed by atoms with E-state index in [1.807, 2.05) is 24.7 Å². The third-order valence-corrected chi connectivity index (χ3v) is 6.76. The molecule has 0 amide bonds. The fourth-order valence-electron chi connectivity index (χ4n) is 3.75. The van der Waals surface area contributed by atoms with E-state index in [1.165, 1.54) is 12.8 Å². The largest absolute Gasteiger partial charge is 0.456 e. The van der Waals surface area contributed by atoms with Crippen LogP contribution >= 0.6 is 0 Å². The molecule has 3 aromatic rings. The maximum absolute atomic E-state index is 11.8. The van der Waals surface area contributed by atoms with Crippen LogP contribution in [0.2, 0.25) is 0 Å². The highest BCUT2D eigenvalue weighted by atomic mass is 32.2. The summed E-state index contributed by atoms with van der Waals surface area (Å²) in [5, 5.41) is 13.2. The smallest absolute Gasteiger partial charge is 0.145 e. The number of aromatic nitrogens is 2. The molecule has 1 aromatic heterocycles. The Morgan fingerprint density at radius 1 is 1.21 bits per heavy atom. The molecule has 7 heteroatoms. The molecule has 1 heterocycles. The molecule has 1 N–H and O–H groups in total. The van der Waals surface area contributed by atoms with Crippen LogP contribution in [0.3, 0.4) is 0 Å². The highest BCUT2D eigenvalue weighted by Gasteiger charge is 2.12. The number of nitrogens with one attached hydrogen (secondary N) is 1. The van der Waals surface area contributed by atoms with E-state index in [-0.39, 0.29) is 0 Å². The summed E-state index contributed by atoms with van der Waals surface area (Å²) in [5.74, 6) is 1.75. The third kappa shape index (κ3) is 7.28. The molecule has 0 bridgehead atoms. The quantitative estimate of drug-likeness (QED) is 0.364. The second-order valence-electron chi connectivity index (χ2n) is 8.94. The molecule has 3 rings (SSSR count). The molecule has 0 fully saturated rings. The number of nitriles is 1. The summed E-state index contributed by atoms with van der Waals surface area (Å²) < 4.78 is 20.0. The molecular formula is C27H34N4O2S. The van der Waals surface area contributed by atoms with Crippen molar-refractivity contribution in [2.75, 3.05) is 6.26 Å². The van der Waals surface area contributed by atoms with E-state index in [2.05, 4.69) is 41.7 Å². The summed E-state index contributed by atoms with van der Waals surface area (Å²) in [6.07, 6.45) is 8.86. The Kier molecular flexibility index (Phi) is 9.43. The molecule has 6 nitrogen and oxygen atoms in total. The van der Waals surface area contributed by atoms with Crippen LogP contribution in [-0.4, -0.2) is 26.1 Å². The van der Waals surface area contributed by atoms with Crippen molar-refractivity contribution in [2.45, 2.75) is 64.1 Å². The summed E-state index contributed by atoms with van der Waals surface area (Å²) in [5.41, 5.74) is 2.58. The lowest BCUT2D eigenvalue weighted by molar-refractivity contribution is 0.414. The normalized spacial score (nSPS) is 12.9. The highest BCUT2D eigenvalue weighted by molar-refractivity contribution is 7.84. The van der Waals surface area contributed by atoms with Crippen molar-refractivity contribution in [3.05, 3.63) is 71.8 Å². The molecule has 180 valence electrons. The van der Waals surface area contributed by atoms with Gasteiger partial charge in [-0.2, -0.15) is 5.26 Å². The average Bonchev–Trinajstić information content (AvgIpc) is 3.26. The molecule has 0 saturated carbocycles. The van der Waals surface area contributed by atoms with Crippen LogP contribution in [0.25, 0.3) is 0 Å². The third-order valence-electron chi connectivity index (χ3n) is 5.84. The lowest BCUT2D eigenvalue weighted by Crippen LogP contribution is -2.29. The van der Waals surface area contributed by atoms with Crippen molar-refractivity contribution in [3.8, 4) is 17.6 Å². The minimum Gasteiger partial charge on any atom is -0.456 e. The van der Waals surface area contributed by atoms with Crippen LogP contribution in [0.1, 0.15) is 56.9 Å². The van der Waals surface area contributed by atoms with Crippen molar-refractivity contribution in [3.63, 3.8) is 0 Å². The number of ether oxygens (including phenoxy) is 1. The average molecular weight is 479 g/mol. The predicted octanol–water partition coefficient (Wildman–Crippen LogP) is 5.64. The first kappa shape index (κ1) is 25.7. The zero-order valence-electron chi connectivity index (χ0n) is 20.5. The van der Waals surface area contributed by atoms with E-state index in [0.717, 1.165) is 24.2 Å². The van der Waals surface area contributed by atoms with Crippen molar-refractivity contribution < 1.29 is 8.95 Å². The molecule has 0 aliphatic heterocycles. The van der Waals surface area contributed by atoms with Crippen LogP contribution in [-0.2, 0) is 23.9 Å². The zero-order chi connectivity index (χ0) is 24.5. The number of hydrogen-bond donors (Lipinski definition) is 1. The zero-order valence-corrected chi connectivity index (χ0v) is 21.3. The van der Waals surface area contributed by atoms with Gasteiger partial charge in [-0.1, -0.05) is 32.9 Å². The van der Waals surface area contributed by atoms with Crippen LogP contribution in [0.15, 0.2) is 59.9 Å². The van der Waals surface area contributed by atoms with Gasteiger partial charge in [0.05, 0.1) is 17.6 Å². The minimum atomic E-state index is -1.11. The molecule has 0 aliphatic rings. The van der Waals surface area contributed by atoms with E-state index in [9.17, 15) is 9.47 Å². The number of nitrogens with zero attached hydrogens (tertiary/aromatic N) is 3. The van der Waals surface area contributed by atoms with Gasteiger partial charge in [-0.05, 0) is 61.1 Å². The second-order valence-corrected chi connectivity index (χ2v) is 10.3. The Hall–Kier alpha value is -2.95. The van der Waals surface area contributed by atoms with E-state index in [1.54, 1.807) is 36.6 Å². The Balaban J connectivity index is 1.72. The molecule has 1 unspecified atom stereocenters. The summed E-state index contributed by atoms with van der Waals surface area (Å²) in [4.78, 5) is 5.04. The maximum Gasteiger partial charge on any atom is 0.145 e. The molecule has 2 atom stereocenters. The topological polar surface area (TPSA) is 79.9 Å². The summed E-state index contributed by atoms with van der Waals surface area (Å²) in [7, 11) is -1.11. The van der Waals surface area contributed by atoms with Crippen LogP contribution in [0.4, 0.5) is 0 Å². The minimum absolute atomic E-state index is 0.454. The van der Waals surface area contributed by atoms with E-state index >= 15 is 0 Å². The van der Waals surface area contributed by atoms with Crippen molar-refractivity contribution in [1.29, 1.82) is 5.26 Å². The molecule has 0 radical (unpaired) electrons. The van der Waals surface area contributed by atoms with E-state index < -0.39 is 10.8 Å². The number of imidazole rings is 1. The predicted molar refractivity (Wildman–Crippen MR) is 136 cm³/mol. The fourth-order valence-corrected chi connectivity index (χ4v) is 4.31. The first-order valence-electron chi connectivity index (χ1n) is 11.8. The second kappa shape index (κ2) is 12.5. The van der Waals surface area contributed by atoms with Gasteiger partial charge in [0.2, 0.25) is 0 Å². The molecule has 2 aromatic carbocycles. The van der Waals surface area contributed by atoms with Crippen LogP contribution < -0.4 is 10.1 Å². The van der Waals surface area contributed by atoms with Gasteiger partial charge in [0.25, 0.3) is 0 Å². The van der Waals surface area contributed by atoms with Gasteiger partial charge in [-0.15, -0.1) is 0 Å². The molecular weight excluding hydrogens is 444 g/mol. The standard InChI is InChI=1S/C27H34N4O2S/c1-5-23(12-9-20(2)3)30-17-24-16-29-19-31(24)18-21-10-11-22(15-28)27(13-21)33-25-7-6-8-26(14-25)34(4)32/h6-8,10-11,13-14,16,19-20,23,30H,5,9,12,17-18H2,1-4H3/t23-,34?/m1/s1. The van der Waals surface area contributed by atoms with Crippen molar-refractivity contribution in [1.82, 2.24) is 14.9 Å². The van der Waals surface area contributed by atoms with Crippen LogP contribution in [0.5, 0.6) is 11.5 Å². The molecule has 34 heavy (non-hydrogen) atoms. The molecule has 0 aliphatic carbocycles. The van der Waals surface area contributed by atoms with Crippen molar-refractivity contribution >= 4 is 10.8 Å². The van der Waals surface area contributed by atoms with Crippen molar-refractivity contribution in [2.24, 2.45) is 5.92 Å². The van der Waals surface area contributed by atoms with Gasteiger partial charge in [0.15, 0.2) is 0 Å². The molecule has 0 spiro atoms. The first-order valence-corrected chi connectivity index (χ1v) is 13.3.